The summed E-state index contributed by atoms with van der Waals surface area (Å²) in [6.07, 6.45) is 1.47. The molecule has 0 saturated carbocycles. The van der Waals surface area contributed by atoms with Gasteiger partial charge >= 0.3 is 11.9 Å². The fraction of sp³-hybridized carbons (Fsp3) is 0.400. The van der Waals surface area contributed by atoms with Gasteiger partial charge in [-0.2, -0.15) is 0 Å². The molecule has 132 valence electrons. The van der Waals surface area contributed by atoms with Gasteiger partial charge in [0, 0.05) is 12.5 Å². The van der Waals surface area contributed by atoms with Gasteiger partial charge in [-0.25, -0.2) is 0 Å². The molecule has 0 aliphatic carbocycles. The van der Waals surface area contributed by atoms with Crippen LogP contribution in [0.1, 0.15) is 24.3 Å². The zero-order valence-electron chi connectivity index (χ0n) is 14.4. The van der Waals surface area contributed by atoms with Crippen LogP contribution in [0.15, 0.2) is 42.5 Å². The lowest BCUT2D eigenvalue weighted by Gasteiger charge is -2.29. The zero-order valence-corrected chi connectivity index (χ0v) is 14.4. The lowest BCUT2D eigenvalue weighted by Crippen LogP contribution is -2.38. The molecule has 5 heteroatoms. The number of carbonyl (C=O) groups is 2. The molecule has 0 unspecified atom stereocenters. The molecule has 0 spiro atoms. The number of hydrogen-bond acceptors (Lipinski definition) is 5. The molecule has 0 radical (unpaired) electrons. The topological polar surface area (TPSA) is 61.8 Å². The van der Waals surface area contributed by atoms with E-state index in [1.54, 1.807) is 0 Å². The van der Waals surface area contributed by atoms with Crippen LogP contribution in [0.5, 0.6) is 0 Å². The molecule has 1 fully saturated rings. The third-order valence-electron chi connectivity index (χ3n) is 4.82. The van der Waals surface area contributed by atoms with Crippen molar-refractivity contribution in [2.75, 3.05) is 20.8 Å². The molecule has 1 aliphatic heterocycles. The Morgan fingerprint density at radius 3 is 2.36 bits per heavy atom. The van der Waals surface area contributed by atoms with Gasteiger partial charge in [0.1, 0.15) is 0 Å². The molecule has 1 saturated heterocycles. The van der Waals surface area contributed by atoms with E-state index in [1.807, 2.05) is 42.5 Å². The normalized spacial score (nSPS) is 18.3. The molecule has 0 aromatic heterocycles. The number of carbonyl (C=O) groups excluding carboxylic acids is 2. The lowest BCUT2D eigenvalue weighted by atomic mass is 9.79. The molecule has 1 aliphatic rings. The summed E-state index contributed by atoms with van der Waals surface area (Å²) in [4.78, 5) is 24.9. The maximum Gasteiger partial charge on any atom is 0.320 e. The molecule has 5 nitrogen and oxygen atoms in total. The second kappa shape index (κ2) is 7.66. The molecule has 2 atom stereocenters. The van der Waals surface area contributed by atoms with Crippen LogP contribution in [0.3, 0.4) is 0 Å². The van der Waals surface area contributed by atoms with Gasteiger partial charge in [-0.3, -0.25) is 9.59 Å². The second-order valence-corrected chi connectivity index (χ2v) is 6.17. The summed E-state index contributed by atoms with van der Waals surface area (Å²) in [6, 6.07) is 13.8. The van der Waals surface area contributed by atoms with Crippen molar-refractivity contribution in [3.8, 4) is 0 Å². The van der Waals surface area contributed by atoms with Gasteiger partial charge < -0.3 is 14.2 Å². The highest BCUT2D eigenvalue weighted by Crippen LogP contribution is 2.39. The van der Waals surface area contributed by atoms with Crippen LogP contribution < -0.4 is 0 Å². The first kappa shape index (κ1) is 17.4. The first-order valence-electron chi connectivity index (χ1n) is 8.42. The highest BCUT2D eigenvalue weighted by Gasteiger charge is 2.44. The quantitative estimate of drug-likeness (QED) is 0.617. The number of fused-ring (bicyclic) bond motifs is 1. The van der Waals surface area contributed by atoms with E-state index in [-0.39, 0.29) is 6.10 Å². The van der Waals surface area contributed by atoms with Crippen LogP contribution in [0.4, 0.5) is 0 Å². The second-order valence-electron chi connectivity index (χ2n) is 6.17. The van der Waals surface area contributed by atoms with E-state index in [0.717, 1.165) is 29.2 Å². The van der Waals surface area contributed by atoms with Gasteiger partial charge in [0.2, 0.25) is 0 Å². The van der Waals surface area contributed by atoms with Crippen LogP contribution in [0.2, 0.25) is 0 Å². The zero-order chi connectivity index (χ0) is 17.8. The number of methoxy groups -OCH3 is 2. The first-order valence-corrected chi connectivity index (χ1v) is 8.42. The van der Waals surface area contributed by atoms with Gasteiger partial charge in [0.15, 0.2) is 5.92 Å². The van der Waals surface area contributed by atoms with Gasteiger partial charge in [0.25, 0.3) is 0 Å². The van der Waals surface area contributed by atoms with Crippen molar-refractivity contribution in [3.05, 3.63) is 48.0 Å². The summed E-state index contributed by atoms with van der Waals surface area (Å²) in [5, 5.41) is 2.06. The van der Waals surface area contributed by atoms with Crippen LogP contribution >= 0.6 is 0 Å². The molecule has 0 bridgehead atoms. The summed E-state index contributed by atoms with van der Waals surface area (Å²) < 4.78 is 15.7. The van der Waals surface area contributed by atoms with Crippen molar-refractivity contribution >= 4 is 22.7 Å². The number of ether oxygens (including phenoxy) is 3. The predicted octanol–water partition coefficient (Wildman–Crippen LogP) is 3.06. The maximum absolute atomic E-state index is 12.4. The Morgan fingerprint density at radius 2 is 1.72 bits per heavy atom. The molecule has 2 aromatic carbocycles. The third kappa shape index (κ3) is 3.37. The number of esters is 2. The smallest absolute Gasteiger partial charge is 0.320 e. The van der Waals surface area contributed by atoms with Crippen molar-refractivity contribution in [1.82, 2.24) is 0 Å². The summed E-state index contributed by atoms with van der Waals surface area (Å²) in [6.45, 7) is 0.626. The fourth-order valence-corrected chi connectivity index (χ4v) is 3.66. The van der Waals surface area contributed by atoms with Gasteiger partial charge in [-0.1, -0.05) is 42.5 Å². The summed E-state index contributed by atoms with van der Waals surface area (Å²) >= 11 is 0. The van der Waals surface area contributed by atoms with E-state index in [4.69, 9.17) is 14.2 Å². The Bertz CT molecular complexity index is 742. The van der Waals surface area contributed by atoms with E-state index in [0.29, 0.717) is 6.61 Å². The number of benzene rings is 2. The van der Waals surface area contributed by atoms with Crippen molar-refractivity contribution < 1.29 is 23.8 Å². The highest BCUT2D eigenvalue weighted by molar-refractivity contribution is 5.97. The van der Waals surface area contributed by atoms with Crippen molar-refractivity contribution in [2.45, 2.75) is 24.9 Å². The predicted molar refractivity (Wildman–Crippen MR) is 93.2 cm³/mol. The molecular weight excluding hydrogens is 320 g/mol. The van der Waals surface area contributed by atoms with Crippen LogP contribution in [0.25, 0.3) is 10.8 Å². The van der Waals surface area contributed by atoms with Gasteiger partial charge in [-0.05, 0) is 29.2 Å². The van der Waals surface area contributed by atoms with E-state index < -0.39 is 23.8 Å². The van der Waals surface area contributed by atoms with E-state index in [9.17, 15) is 9.59 Å². The summed E-state index contributed by atoms with van der Waals surface area (Å²) in [7, 11) is 2.57. The maximum atomic E-state index is 12.4. The highest BCUT2D eigenvalue weighted by atomic mass is 16.5. The van der Waals surface area contributed by atoms with Crippen molar-refractivity contribution in [3.63, 3.8) is 0 Å². The van der Waals surface area contributed by atoms with Crippen LogP contribution in [-0.2, 0) is 23.8 Å². The SMILES string of the molecule is COC(=O)C(C(=O)OC)[C@H](c1cccc2ccccc12)[C@@H]1CCCO1. The average molecular weight is 342 g/mol. The minimum atomic E-state index is -1.05. The Kier molecular flexibility index (Phi) is 5.34. The Balaban J connectivity index is 2.16. The Labute approximate surface area is 146 Å². The minimum Gasteiger partial charge on any atom is -0.468 e. The minimum absolute atomic E-state index is 0.228. The van der Waals surface area contributed by atoms with Crippen LogP contribution in [0, 0.1) is 5.92 Å². The largest absolute Gasteiger partial charge is 0.468 e. The van der Waals surface area contributed by atoms with Crippen LogP contribution in [-0.4, -0.2) is 38.9 Å². The number of rotatable bonds is 5. The Hall–Kier alpha value is -2.40. The molecule has 1 heterocycles. The van der Waals surface area contributed by atoms with Crippen molar-refractivity contribution in [1.29, 1.82) is 0 Å². The first-order chi connectivity index (χ1) is 12.2. The van der Waals surface area contributed by atoms with E-state index >= 15 is 0 Å². The monoisotopic (exact) mass is 342 g/mol. The molecule has 3 rings (SSSR count). The lowest BCUT2D eigenvalue weighted by molar-refractivity contribution is -0.161. The molecule has 0 amide bonds. The van der Waals surface area contributed by atoms with E-state index in [2.05, 4.69) is 0 Å². The molecular formula is C20H22O5. The number of hydrogen-bond donors (Lipinski definition) is 0. The third-order valence-corrected chi connectivity index (χ3v) is 4.82. The van der Waals surface area contributed by atoms with Crippen molar-refractivity contribution in [2.24, 2.45) is 5.92 Å². The summed E-state index contributed by atoms with van der Waals surface area (Å²) in [5.74, 6) is -2.70. The molecule has 0 N–H and O–H groups in total. The van der Waals surface area contributed by atoms with E-state index in [1.165, 1.54) is 14.2 Å². The average Bonchev–Trinajstić information content (AvgIpc) is 3.19. The van der Waals surface area contributed by atoms with Gasteiger partial charge in [-0.15, -0.1) is 0 Å². The Morgan fingerprint density at radius 1 is 1.04 bits per heavy atom. The summed E-state index contributed by atoms with van der Waals surface area (Å²) in [5.41, 5.74) is 0.908. The molecule has 2 aromatic rings. The molecule has 25 heavy (non-hydrogen) atoms. The van der Waals surface area contributed by atoms with Gasteiger partial charge in [0.05, 0.1) is 20.3 Å². The standard InChI is InChI=1S/C20H22O5/c1-23-19(21)18(20(22)24-2)17(16-11-6-12-25-16)15-10-5-8-13-7-3-4-9-14(13)15/h3-5,7-10,16-18H,6,11-12H2,1-2H3/t16-,17+/m0/s1. The fourth-order valence-electron chi connectivity index (χ4n) is 3.66.